The topological polar surface area (TPSA) is 239 Å². The largest absolute Gasteiger partial charge is 0.386 e. The molecule has 0 aromatic carbocycles. The molecule has 4 amide bonds. The van der Waals surface area contributed by atoms with Crippen LogP contribution in [0.5, 0.6) is 0 Å². The predicted molar refractivity (Wildman–Crippen MR) is 163 cm³/mol. The van der Waals surface area contributed by atoms with Crippen molar-refractivity contribution in [2.75, 3.05) is 23.7 Å². The zero-order valence-corrected chi connectivity index (χ0v) is 24.0. The van der Waals surface area contributed by atoms with Crippen LogP contribution in [-0.4, -0.2) is 62.5 Å². The third-order valence-corrected chi connectivity index (χ3v) is 7.21. The molecule has 15 nitrogen and oxygen atoms in total. The number of hydrogen-bond donors (Lipinski definition) is 8. The average Bonchev–Trinajstić information content (AvgIpc) is 3.90. The molecule has 3 heterocycles. The summed E-state index contributed by atoms with van der Waals surface area (Å²) < 4.78 is 3.56. The molecule has 15 heteroatoms. The first-order valence-electron chi connectivity index (χ1n) is 14.3. The highest BCUT2D eigenvalue weighted by Crippen LogP contribution is 2.33. The van der Waals surface area contributed by atoms with Crippen molar-refractivity contribution in [3.8, 4) is 0 Å². The highest BCUT2D eigenvalue weighted by atomic mass is 16.2. The Labute approximate surface area is 252 Å². The third kappa shape index (κ3) is 7.87. The Bertz CT molecular complexity index is 1490. The van der Waals surface area contributed by atoms with Crippen LogP contribution in [0.3, 0.4) is 0 Å². The van der Waals surface area contributed by atoms with Crippen molar-refractivity contribution in [2.24, 2.45) is 23.3 Å². The van der Waals surface area contributed by atoms with E-state index in [0.29, 0.717) is 47.7 Å². The summed E-state index contributed by atoms with van der Waals surface area (Å²) in [6.07, 6.45) is 8.95. The van der Waals surface area contributed by atoms with Gasteiger partial charge in [-0.2, -0.15) is 0 Å². The molecule has 0 saturated heterocycles. The van der Waals surface area contributed by atoms with Crippen LogP contribution in [0.25, 0.3) is 0 Å². The molecule has 2 aliphatic carbocycles. The highest BCUT2D eigenvalue weighted by molar-refractivity contribution is 6.07. The van der Waals surface area contributed by atoms with Gasteiger partial charge in [-0.25, -0.2) is 0 Å². The molecular weight excluding hydrogens is 566 g/mol. The van der Waals surface area contributed by atoms with Crippen molar-refractivity contribution in [2.45, 2.75) is 38.8 Å². The number of anilines is 2. The van der Waals surface area contributed by atoms with Crippen LogP contribution in [0.4, 0.5) is 11.4 Å². The third-order valence-electron chi connectivity index (χ3n) is 7.21. The maximum atomic E-state index is 13.0. The van der Waals surface area contributed by atoms with Crippen molar-refractivity contribution in [3.05, 3.63) is 65.5 Å². The van der Waals surface area contributed by atoms with E-state index >= 15 is 0 Å². The van der Waals surface area contributed by atoms with Gasteiger partial charge in [0.2, 0.25) is 0 Å². The van der Waals surface area contributed by atoms with Crippen LogP contribution in [0.2, 0.25) is 0 Å². The fourth-order valence-electron chi connectivity index (χ4n) is 4.59. The van der Waals surface area contributed by atoms with Gasteiger partial charge in [0.15, 0.2) is 0 Å². The summed E-state index contributed by atoms with van der Waals surface area (Å²) in [7, 11) is 0. The molecular formula is C29H35N11O4. The first-order chi connectivity index (χ1) is 21.0. The second kappa shape index (κ2) is 12.8. The fourth-order valence-corrected chi connectivity index (χ4v) is 4.59. The smallest absolute Gasteiger partial charge is 0.274 e. The van der Waals surface area contributed by atoms with Gasteiger partial charge < -0.3 is 41.9 Å². The number of rotatable bonds is 14. The maximum absolute atomic E-state index is 13.0. The van der Waals surface area contributed by atoms with Gasteiger partial charge in [0.25, 0.3) is 23.6 Å². The Morgan fingerprint density at radius 1 is 0.750 bits per heavy atom. The zero-order chi connectivity index (χ0) is 31.4. The lowest BCUT2D eigenvalue weighted by atomic mass is 10.2. The normalized spacial score (nSPS) is 14.0. The number of aromatic nitrogens is 3. The first kappa shape index (κ1) is 30.0. The van der Waals surface area contributed by atoms with Gasteiger partial charge in [-0.15, -0.1) is 0 Å². The number of pyridine rings is 1. The van der Waals surface area contributed by atoms with E-state index in [-0.39, 0.29) is 36.0 Å². The molecule has 0 unspecified atom stereocenters. The Kier molecular flexibility index (Phi) is 8.73. The molecule has 2 aliphatic rings. The van der Waals surface area contributed by atoms with E-state index in [0.717, 1.165) is 25.7 Å². The summed E-state index contributed by atoms with van der Waals surface area (Å²) in [6, 6.07) is 6.01. The number of hydrogen-bond acceptors (Lipinski definition) is 7. The van der Waals surface area contributed by atoms with E-state index < -0.39 is 23.6 Å². The minimum Gasteiger partial charge on any atom is -0.386 e. The number of nitrogens with two attached hydrogens (primary N) is 2. The second-order valence-electron chi connectivity index (χ2n) is 11.2. The molecule has 0 atom stereocenters. The summed E-state index contributed by atoms with van der Waals surface area (Å²) in [4.78, 5) is 55.3. The van der Waals surface area contributed by atoms with Crippen LogP contribution < -0.4 is 32.7 Å². The molecule has 0 radical (unpaired) electrons. The summed E-state index contributed by atoms with van der Waals surface area (Å²) in [5.41, 5.74) is 12.5. The molecule has 2 fully saturated rings. The van der Waals surface area contributed by atoms with Gasteiger partial charge in [-0.05, 0) is 61.8 Å². The van der Waals surface area contributed by atoms with Crippen LogP contribution in [0, 0.1) is 22.7 Å². The van der Waals surface area contributed by atoms with E-state index in [1.807, 2.05) is 0 Å². The Balaban J connectivity index is 1.23. The number of amidine groups is 2. The number of carbonyl (C=O) groups is 4. The number of nitrogens with one attached hydrogen (secondary N) is 6. The molecule has 5 rings (SSSR count). The second-order valence-corrected chi connectivity index (χ2v) is 11.2. The van der Waals surface area contributed by atoms with Gasteiger partial charge in [0.1, 0.15) is 28.8 Å². The molecule has 2 saturated carbocycles. The van der Waals surface area contributed by atoms with E-state index in [2.05, 4.69) is 26.3 Å². The SMILES string of the molecule is N=C(N)CNC(=O)c1cc(NC(=O)c2ccc(C(=O)Nc3cc(C(=O)NCC(=N)N)n(CC4CC4)c3)nc2)cn1CC1CC1. The van der Waals surface area contributed by atoms with Gasteiger partial charge in [-0.1, -0.05) is 0 Å². The lowest BCUT2D eigenvalue weighted by Gasteiger charge is -2.08. The van der Waals surface area contributed by atoms with Crippen molar-refractivity contribution < 1.29 is 19.2 Å². The van der Waals surface area contributed by atoms with Crippen LogP contribution >= 0.6 is 0 Å². The molecule has 0 aliphatic heterocycles. The van der Waals surface area contributed by atoms with Crippen LogP contribution in [0.15, 0.2) is 42.9 Å². The molecule has 3 aromatic heterocycles. The molecule has 10 N–H and O–H groups in total. The zero-order valence-electron chi connectivity index (χ0n) is 24.0. The van der Waals surface area contributed by atoms with Crippen LogP contribution in [-0.2, 0) is 13.1 Å². The van der Waals surface area contributed by atoms with Gasteiger partial charge >= 0.3 is 0 Å². The maximum Gasteiger partial charge on any atom is 0.274 e. The monoisotopic (exact) mass is 601 g/mol. The highest BCUT2D eigenvalue weighted by Gasteiger charge is 2.26. The first-order valence-corrected chi connectivity index (χ1v) is 14.3. The molecule has 44 heavy (non-hydrogen) atoms. The standard InChI is InChI=1S/C29H35N11O4/c30-24(31)10-35-28(43)22-7-19(14-39(22)12-16-1-2-16)37-26(41)18-5-6-21(34-9-18)27(42)38-20-8-23(29(44)36-11-25(32)33)40(15-20)13-17-3-4-17/h5-9,14-17H,1-4,10-13H2,(H3,30,31)(H3,32,33)(H,35,43)(H,36,44)(H,37,41)(H,38,42). The summed E-state index contributed by atoms with van der Waals surface area (Å²) >= 11 is 0. The van der Waals surface area contributed by atoms with E-state index in [9.17, 15) is 19.2 Å². The molecule has 3 aromatic rings. The predicted octanol–water partition coefficient (Wildman–Crippen LogP) is 1.34. The number of nitrogens with zero attached hydrogens (tertiary/aromatic N) is 3. The van der Waals surface area contributed by atoms with E-state index in [4.69, 9.17) is 22.3 Å². The van der Waals surface area contributed by atoms with Gasteiger partial charge in [-0.3, -0.25) is 35.0 Å². The Morgan fingerprint density at radius 2 is 1.23 bits per heavy atom. The molecule has 0 bridgehead atoms. The molecule has 230 valence electrons. The van der Waals surface area contributed by atoms with E-state index in [1.165, 1.54) is 18.3 Å². The van der Waals surface area contributed by atoms with Crippen LogP contribution in [0.1, 0.15) is 67.5 Å². The van der Waals surface area contributed by atoms with Gasteiger partial charge in [0, 0.05) is 31.7 Å². The summed E-state index contributed by atoms with van der Waals surface area (Å²) in [5.74, 6) is -1.18. The Morgan fingerprint density at radius 3 is 1.64 bits per heavy atom. The minimum absolute atomic E-state index is 0.0686. The average molecular weight is 602 g/mol. The van der Waals surface area contributed by atoms with Crippen molar-refractivity contribution in [3.63, 3.8) is 0 Å². The van der Waals surface area contributed by atoms with E-state index in [1.54, 1.807) is 33.7 Å². The number of carbonyl (C=O) groups excluding carboxylic acids is 4. The van der Waals surface area contributed by atoms with Crippen molar-refractivity contribution >= 4 is 46.7 Å². The van der Waals surface area contributed by atoms with Crippen molar-refractivity contribution in [1.29, 1.82) is 10.8 Å². The fraction of sp³-hybridized carbons (Fsp3) is 0.345. The quantitative estimate of drug-likeness (QED) is 0.0995. The number of amides is 4. The minimum atomic E-state index is -0.519. The molecule has 0 spiro atoms. The summed E-state index contributed by atoms with van der Waals surface area (Å²) in [6.45, 7) is 1.11. The lowest BCUT2D eigenvalue weighted by molar-refractivity contribution is 0.0941. The Hall–Kier alpha value is -5.47. The lowest BCUT2D eigenvalue weighted by Crippen LogP contribution is -2.34. The van der Waals surface area contributed by atoms with Gasteiger partial charge in [0.05, 0.1) is 30.0 Å². The van der Waals surface area contributed by atoms with Crippen molar-refractivity contribution in [1.82, 2.24) is 24.8 Å². The summed E-state index contributed by atoms with van der Waals surface area (Å²) in [5, 5.41) is 25.4.